The molecule has 7 heteroatoms. The van der Waals surface area contributed by atoms with Crippen LogP contribution in [-0.2, 0) is 0 Å². The van der Waals surface area contributed by atoms with Gasteiger partial charge in [0.05, 0.1) is 0 Å². The average molecular weight is 334 g/mol. The molecule has 132 valence electrons. The normalized spacial score (nSPS) is 14.5. The number of rotatable bonds is 5. The Kier molecular flexibility index (Phi) is 6.43. The van der Waals surface area contributed by atoms with Crippen LogP contribution in [0, 0.1) is 6.92 Å². The number of nitrogens with one attached hydrogen (secondary N) is 2. The molecule has 0 unspecified atom stereocenters. The number of anilines is 1. The van der Waals surface area contributed by atoms with Crippen molar-refractivity contribution in [2.24, 2.45) is 0 Å². The zero-order chi connectivity index (χ0) is 17.5. The minimum absolute atomic E-state index is 0.00906. The first-order valence-electron chi connectivity index (χ1n) is 8.39. The van der Waals surface area contributed by atoms with Crippen LogP contribution in [-0.4, -0.2) is 54.8 Å². The number of piperazine rings is 1. The van der Waals surface area contributed by atoms with Gasteiger partial charge in [-0.15, -0.1) is 0 Å². The number of carbonyl (C=O) groups excluding carboxylic acids is 2. The lowest BCUT2D eigenvalue weighted by atomic mass is 10.1. The molecule has 3 N–H and O–H groups in total. The van der Waals surface area contributed by atoms with E-state index in [1.165, 1.54) is 0 Å². The third kappa shape index (κ3) is 4.38. The van der Waals surface area contributed by atoms with Gasteiger partial charge >= 0.3 is 6.03 Å². The Morgan fingerprint density at radius 2 is 1.92 bits per heavy atom. The molecule has 0 atom stereocenters. The molecule has 1 aliphatic heterocycles. The monoisotopic (exact) mass is 334 g/mol. The standard InChI is InChI=1S/C17H26N4O3/c1-3-4-7-18-17(23)21-10-8-20(9-11-21)15-6-5-14(12-13(15)2)16(22)19-24/h5-6,12,24H,3-4,7-11H2,1-2H3,(H,18,23)(H,19,22). The fraction of sp³-hybridized carbons (Fsp3) is 0.529. The number of benzene rings is 1. The summed E-state index contributed by atoms with van der Waals surface area (Å²) >= 11 is 0. The highest BCUT2D eigenvalue weighted by Crippen LogP contribution is 2.22. The maximum atomic E-state index is 12.1. The quantitative estimate of drug-likeness (QED) is 0.435. The molecule has 1 saturated heterocycles. The van der Waals surface area contributed by atoms with Crippen molar-refractivity contribution in [3.8, 4) is 0 Å². The highest BCUT2D eigenvalue weighted by molar-refractivity contribution is 5.94. The average Bonchev–Trinajstić information content (AvgIpc) is 2.61. The summed E-state index contributed by atoms with van der Waals surface area (Å²) in [6.45, 7) is 7.63. The lowest BCUT2D eigenvalue weighted by molar-refractivity contribution is 0.0706. The van der Waals surface area contributed by atoms with Crippen molar-refractivity contribution in [2.75, 3.05) is 37.6 Å². The Balaban J connectivity index is 1.92. The summed E-state index contributed by atoms with van der Waals surface area (Å²) in [6.07, 6.45) is 2.07. The molecule has 0 radical (unpaired) electrons. The number of unbranched alkanes of at least 4 members (excludes halogenated alkanes) is 1. The first kappa shape index (κ1) is 18.1. The van der Waals surface area contributed by atoms with E-state index < -0.39 is 5.91 Å². The molecule has 2 rings (SSSR count). The van der Waals surface area contributed by atoms with Gasteiger partial charge in [0, 0.05) is 44.0 Å². The van der Waals surface area contributed by atoms with E-state index in [0.29, 0.717) is 18.7 Å². The largest absolute Gasteiger partial charge is 0.368 e. The lowest BCUT2D eigenvalue weighted by Crippen LogP contribution is -2.52. The van der Waals surface area contributed by atoms with Crippen molar-refractivity contribution in [3.63, 3.8) is 0 Å². The molecule has 0 saturated carbocycles. The maximum Gasteiger partial charge on any atom is 0.317 e. The Hall–Kier alpha value is -2.28. The van der Waals surface area contributed by atoms with Crippen molar-refractivity contribution < 1.29 is 14.8 Å². The summed E-state index contributed by atoms with van der Waals surface area (Å²) < 4.78 is 0. The molecular weight excluding hydrogens is 308 g/mol. The minimum Gasteiger partial charge on any atom is -0.368 e. The smallest absolute Gasteiger partial charge is 0.317 e. The van der Waals surface area contributed by atoms with Gasteiger partial charge < -0.3 is 15.1 Å². The SMILES string of the molecule is CCCCNC(=O)N1CCN(c2ccc(C(=O)NO)cc2C)CC1. The van der Waals surface area contributed by atoms with E-state index in [2.05, 4.69) is 17.1 Å². The number of amides is 3. The van der Waals surface area contributed by atoms with Crippen molar-refractivity contribution in [3.05, 3.63) is 29.3 Å². The molecule has 0 aliphatic carbocycles. The summed E-state index contributed by atoms with van der Waals surface area (Å²) in [5.74, 6) is -0.516. The predicted octanol–water partition coefficient (Wildman–Crippen LogP) is 1.75. The summed E-state index contributed by atoms with van der Waals surface area (Å²) in [6, 6.07) is 5.34. The van der Waals surface area contributed by atoms with Gasteiger partial charge in [-0.2, -0.15) is 0 Å². The van der Waals surface area contributed by atoms with Gasteiger partial charge in [-0.1, -0.05) is 13.3 Å². The van der Waals surface area contributed by atoms with Gasteiger partial charge in [0.1, 0.15) is 0 Å². The summed E-state index contributed by atoms with van der Waals surface area (Å²) in [5.41, 5.74) is 4.09. The van der Waals surface area contributed by atoms with Crippen LogP contribution in [0.15, 0.2) is 18.2 Å². The van der Waals surface area contributed by atoms with E-state index in [0.717, 1.165) is 43.7 Å². The van der Waals surface area contributed by atoms with Crippen LogP contribution in [0.3, 0.4) is 0 Å². The van der Waals surface area contributed by atoms with Gasteiger partial charge in [0.2, 0.25) is 0 Å². The molecule has 7 nitrogen and oxygen atoms in total. The van der Waals surface area contributed by atoms with Gasteiger partial charge in [0.15, 0.2) is 0 Å². The molecular formula is C17H26N4O3. The van der Waals surface area contributed by atoms with Crippen LogP contribution in [0.25, 0.3) is 0 Å². The Morgan fingerprint density at radius 3 is 2.50 bits per heavy atom. The zero-order valence-corrected chi connectivity index (χ0v) is 14.3. The van der Waals surface area contributed by atoms with Gasteiger partial charge in [0.25, 0.3) is 5.91 Å². The zero-order valence-electron chi connectivity index (χ0n) is 14.3. The second-order valence-corrected chi connectivity index (χ2v) is 6.00. The first-order valence-corrected chi connectivity index (χ1v) is 8.39. The van der Waals surface area contributed by atoms with Crippen molar-refractivity contribution in [2.45, 2.75) is 26.7 Å². The van der Waals surface area contributed by atoms with E-state index >= 15 is 0 Å². The van der Waals surface area contributed by atoms with Crippen LogP contribution < -0.4 is 15.7 Å². The topological polar surface area (TPSA) is 84.9 Å². The second kappa shape index (κ2) is 8.54. The Labute approximate surface area is 142 Å². The van der Waals surface area contributed by atoms with E-state index in [-0.39, 0.29) is 6.03 Å². The molecule has 0 bridgehead atoms. The molecule has 3 amide bonds. The van der Waals surface area contributed by atoms with E-state index in [9.17, 15) is 9.59 Å². The molecule has 0 aromatic heterocycles. The number of hydrogen-bond acceptors (Lipinski definition) is 4. The highest BCUT2D eigenvalue weighted by Gasteiger charge is 2.22. The van der Waals surface area contributed by atoms with Gasteiger partial charge in [-0.25, -0.2) is 10.3 Å². The van der Waals surface area contributed by atoms with Crippen LogP contribution in [0.4, 0.5) is 10.5 Å². The summed E-state index contributed by atoms with van der Waals surface area (Å²) in [4.78, 5) is 27.6. The van der Waals surface area contributed by atoms with Crippen LogP contribution >= 0.6 is 0 Å². The third-order valence-electron chi connectivity index (χ3n) is 4.27. The molecule has 1 heterocycles. The number of hydroxylamine groups is 1. The number of urea groups is 1. The minimum atomic E-state index is -0.516. The number of hydrogen-bond donors (Lipinski definition) is 3. The fourth-order valence-electron chi connectivity index (χ4n) is 2.85. The maximum absolute atomic E-state index is 12.1. The molecule has 1 aliphatic rings. The first-order chi connectivity index (χ1) is 11.6. The van der Waals surface area contributed by atoms with E-state index in [1.807, 2.05) is 17.9 Å². The summed E-state index contributed by atoms with van der Waals surface area (Å²) in [5, 5.41) is 11.6. The summed E-state index contributed by atoms with van der Waals surface area (Å²) in [7, 11) is 0. The molecule has 1 aromatic carbocycles. The van der Waals surface area contributed by atoms with Crippen molar-refractivity contribution in [1.82, 2.24) is 15.7 Å². The molecule has 1 fully saturated rings. The van der Waals surface area contributed by atoms with Crippen LogP contribution in [0.1, 0.15) is 35.7 Å². The molecule has 24 heavy (non-hydrogen) atoms. The van der Waals surface area contributed by atoms with E-state index in [4.69, 9.17) is 5.21 Å². The van der Waals surface area contributed by atoms with Crippen molar-refractivity contribution in [1.29, 1.82) is 0 Å². The Morgan fingerprint density at radius 1 is 1.21 bits per heavy atom. The number of carbonyl (C=O) groups is 2. The van der Waals surface area contributed by atoms with Gasteiger partial charge in [-0.3, -0.25) is 10.0 Å². The van der Waals surface area contributed by atoms with Crippen LogP contribution in [0.2, 0.25) is 0 Å². The highest BCUT2D eigenvalue weighted by atomic mass is 16.5. The van der Waals surface area contributed by atoms with Crippen LogP contribution in [0.5, 0.6) is 0 Å². The van der Waals surface area contributed by atoms with E-state index in [1.54, 1.807) is 17.6 Å². The fourth-order valence-corrected chi connectivity index (χ4v) is 2.85. The number of aryl methyl sites for hydroxylation is 1. The molecule has 1 aromatic rings. The predicted molar refractivity (Wildman–Crippen MR) is 92.5 cm³/mol. The third-order valence-corrected chi connectivity index (χ3v) is 4.27. The Bertz CT molecular complexity index is 583. The number of nitrogens with zero attached hydrogens (tertiary/aromatic N) is 2. The second-order valence-electron chi connectivity index (χ2n) is 6.00. The van der Waals surface area contributed by atoms with Gasteiger partial charge in [-0.05, 0) is 37.1 Å². The lowest BCUT2D eigenvalue weighted by Gasteiger charge is -2.36. The molecule has 0 spiro atoms. The van der Waals surface area contributed by atoms with Crippen molar-refractivity contribution >= 4 is 17.6 Å².